The highest BCUT2D eigenvalue weighted by Crippen LogP contribution is 2.40. The van der Waals surface area contributed by atoms with E-state index >= 15 is 0 Å². The number of hydrogen-bond acceptors (Lipinski definition) is 3. The van der Waals surface area contributed by atoms with Crippen molar-refractivity contribution in [1.29, 1.82) is 0 Å². The third-order valence-corrected chi connectivity index (χ3v) is 4.58. The van der Waals surface area contributed by atoms with Gasteiger partial charge in [-0.3, -0.25) is 4.90 Å². The highest BCUT2D eigenvalue weighted by atomic mass is 16.5. The lowest BCUT2D eigenvalue weighted by Gasteiger charge is -2.35. The second-order valence-electron chi connectivity index (χ2n) is 5.72. The van der Waals surface area contributed by atoms with Gasteiger partial charge in [-0.25, -0.2) is 0 Å². The van der Waals surface area contributed by atoms with Gasteiger partial charge in [-0.15, -0.1) is 0 Å². The SMILES string of the molecule is OCC1(CN2CC3CCC2C3)CCOC1. The van der Waals surface area contributed by atoms with Gasteiger partial charge in [0, 0.05) is 31.2 Å². The van der Waals surface area contributed by atoms with Gasteiger partial charge in [0.25, 0.3) is 0 Å². The zero-order valence-electron chi connectivity index (χ0n) is 9.32. The van der Waals surface area contributed by atoms with E-state index in [1.165, 1.54) is 25.8 Å². The largest absolute Gasteiger partial charge is 0.396 e. The minimum Gasteiger partial charge on any atom is -0.396 e. The van der Waals surface area contributed by atoms with Crippen LogP contribution in [-0.4, -0.2) is 49.0 Å². The molecule has 1 aliphatic carbocycles. The monoisotopic (exact) mass is 211 g/mol. The third kappa shape index (κ3) is 1.71. The molecule has 3 atom stereocenters. The number of nitrogens with zero attached hydrogens (tertiary/aromatic N) is 1. The van der Waals surface area contributed by atoms with Crippen molar-refractivity contribution < 1.29 is 9.84 Å². The fraction of sp³-hybridized carbons (Fsp3) is 1.00. The molecule has 0 spiro atoms. The summed E-state index contributed by atoms with van der Waals surface area (Å²) < 4.78 is 5.46. The van der Waals surface area contributed by atoms with Crippen LogP contribution < -0.4 is 0 Å². The van der Waals surface area contributed by atoms with E-state index in [0.29, 0.717) is 6.61 Å². The molecule has 0 aromatic heterocycles. The van der Waals surface area contributed by atoms with Crippen LogP contribution in [0.3, 0.4) is 0 Å². The van der Waals surface area contributed by atoms with Gasteiger partial charge in [0.15, 0.2) is 0 Å². The summed E-state index contributed by atoms with van der Waals surface area (Å²) in [5.41, 5.74) is 0.0600. The number of likely N-dealkylation sites (tertiary alicyclic amines) is 1. The van der Waals surface area contributed by atoms with Crippen LogP contribution in [0.5, 0.6) is 0 Å². The van der Waals surface area contributed by atoms with E-state index < -0.39 is 0 Å². The molecule has 3 rings (SSSR count). The first-order chi connectivity index (χ1) is 7.31. The highest BCUT2D eigenvalue weighted by Gasteiger charge is 2.43. The van der Waals surface area contributed by atoms with Gasteiger partial charge in [-0.2, -0.15) is 0 Å². The molecular formula is C12H21NO2. The zero-order valence-corrected chi connectivity index (χ0v) is 9.32. The summed E-state index contributed by atoms with van der Waals surface area (Å²) in [4.78, 5) is 2.61. The average Bonchev–Trinajstić information content (AvgIpc) is 2.93. The van der Waals surface area contributed by atoms with Gasteiger partial charge in [0.2, 0.25) is 0 Å². The Balaban J connectivity index is 1.64. The molecular weight excluding hydrogens is 190 g/mol. The van der Waals surface area contributed by atoms with E-state index in [1.54, 1.807) is 0 Å². The predicted molar refractivity (Wildman–Crippen MR) is 57.7 cm³/mol. The zero-order chi connectivity index (χ0) is 10.3. The number of rotatable bonds is 3. The number of piperidine rings is 1. The van der Waals surface area contributed by atoms with Crippen molar-refractivity contribution in [3.05, 3.63) is 0 Å². The van der Waals surface area contributed by atoms with Gasteiger partial charge in [0.05, 0.1) is 13.2 Å². The summed E-state index contributed by atoms with van der Waals surface area (Å²) in [5.74, 6) is 0.952. The molecule has 0 amide bonds. The predicted octanol–water partition coefficient (Wildman–Crippen LogP) is 0.870. The number of aliphatic hydroxyl groups is 1. The molecule has 0 aromatic rings. The van der Waals surface area contributed by atoms with Crippen LogP contribution in [0.15, 0.2) is 0 Å². The number of aliphatic hydroxyl groups excluding tert-OH is 1. The van der Waals surface area contributed by atoms with E-state index in [1.807, 2.05) is 0 Å². The fourth-order valence-electron chi connectivity index (χ4n) is 3.60. The standard InChI is InChI=1S/C12H21NO2/c14-8-12(3-4-15-9-12)7-13-6-10-1-2-11(13)5-10/h10-11,14H,1-9H2. The van der Waals surface area contributed by atoms with Crippen LogP contribution in [0.4, 0.5) is 0 Å². The molecule has 3 heteroatoms. The van der Waals surface area contributed by atoms with Crippen molar-refractivity contribution in [1.82, 2.24) is 4.90 Å². The van der Waals surface area contributed by atoms with Gasteiger partial charge in [-0.05, 0) is 31.6 Å². The highest BCUT2D eigenvalue weighted by molar-refractivity contribution is 4.96. The minimum absolute atomic E-state index is 0.0600. The summed E-state index contributed by atoms with van der Waals surface area (Å²) in [6.07, 6.45) is 5.26. The van der Waals surface area contributed by atoms with Gasteiger partial charge < -0.3 is 9.84 Å². The Hall–Kier alpha value is -0.120. The summed E-state index contributed by atoms with van der Waals surface area (Å²) in [6, 6.07) is 0.819. The van der Waals surface area contributed by atoms with Crippen molar-refractivity contribution >= 4 is 0 Å². The van der Waals surface area contributed by atoms with Crippen LogP contribution in [-0.2, 0) is 4.74 Å². The van der Waals surface area contributed by atoms with E-state index in [9.17, 15) is 5.11 Å². The number of hydrogen-bond donors (Lipinski definition) is 1. The lowest BCUT2D eigenvalue weighted by molar-refractivity contribution is 0.0462. The van der Waals surface area contributed by atoms with Crippen LogP contribution in [0, 0.1) is 11.3 Å². The van der Waals surface area contributed by atoms with Crippen LogP contribution >= 0.6 is 0 Å². The molecule has 3 fully saturated rings. The minimum atomic E-state index is 0.0600. The molecule has 1 N–H and O–H groups in total. The molecule has 2 aliphatic heterocycles. The Morgan fingerprint density at radius 2 is 2.33 bits per heavy atom. The molecule has 3 aliphatic rings. The smallest absolute Gasteiger partial charge is 0.0557 e. The van der Waals surface area contributed by atoms with Gasteiger partial charge in [0.1, 0.15) is 0 Å². The molecule has 3 nitrogen and oxygen atoms in total. The summed E-state index contributed by atoms with van der Waals surface area (Å²) >= 11 is 0. The van der Waals surface area contributed by atoms with Crippen LogP contribution in [0.25, 0.3) is 0 Å². The first kappa shape index (κ1) is 10.1. The molecule has 3 unspecified atom stereocenters. The van der Waals surface area contributed by atoms with Crippen LogP contribution in [0.1, 0.15) is 25.7 Å². The summed E-state index contributed by atoms with van der Waals surface area (Å²) in [5, 5.41) is 9.54. The first-order valence-corrected chi connectivity index (χ1v) is 6.24. The second-order valence-corrected chi connectivity index (χ2v) is 5.72. The Labute approximate surface area is 91.4 Å². The summed E-state index contributed by atoms with van der Waals surface area (Å²) in [7, 11) is 0. The summed E-state index contributed by atoms with van der Waals surface area (Å²) in [6.45, 7) is 4.22. The Morgan fingerprint density at radius 1 is 1.40 bits per heavy atom. The van der Waals surface area contributed by atoms with Gasteiger partial charge >= 0.3 is 0 Å². The van der Waals surface area contributed by atoms with Crippen molar-refractivity contribution in [3.8, 4) is 0 Å². The fourth-order valence-corrected chi connectivity index (χ4v) is 3.60. The quantitative estimate of drug-likeness (QED) is 0.752. The molecule has 2 saturated heterocycles. The van der Waals surface area contributed by atoms with E-state index in [2.05, 4.69) is 4.90 Å². The van der Waals surface area contributed by atoms with E-state index in [0.717, 1.165) is 38.1 Å². The molecule has 0 radical (unpaired) electrons. The molecule has 0 aromatic carbocycles. The topological polar surface area (TPSA) is 32.7 Å². The average molecular weight is 211 g/mol. The normalized spacial score (nSPS) is 45.4. The third-order valence-electron chi connectivity index (χ3n) is 4.58. The molecule has 15 heavy (non-hydrogen) atoms. The Morgan fingerprint density at radius 3 is 2.87 bits per heavy atom. The van der Waals surface area contributed by atoms with Crippen molar-refractivity contribution in [3.63, 3.8) is 0 Å². The maximum absolute atomic E-state index is 9.54. The van der Waals surface area contributed by atoms with E-state index in [4.69, 9.17) is 4.74 Å². The second kappa shape index (κ2) is 3.72. The van der Waals surface area contributed by atoms with Crippen molar-refractivity contribution in [2.24, 2.45) is 11.3 Å². The number of ether oxygens (including phenoxy) is 1. The lowest BCUT2D eigenvalue weighted by Crippen LogP contribution is -2.44. The van der Waals surface area contributed by atoms with Crippen LogP contribution in [0.2, 0.25) is 0 Å². The number of fused-ring (bicyclic) bond motifs is 2. The first-order valence-electron chi connectivity index (χ1n) is 6.24. The maximum atomic E-state index is 9.54. The molecule has 2 heterocycles. The van der Waals surface area contributed by atoms with Crippen molar-refractivity contribution in [2.75, 3.05) is 32.9 Å². The maximum Gasteiger partial charge on any atom is 0.0557 e. The molecule has 1 saturated carbocycles. The molecule has 86 valence electrons. The Kier molecular flexibility index (Phi) is 2.49. The Bertz CT molecular complexity index is 238. The van der Waals surface area contributed by atoms with Gasteiger partial charge in [-0.1, -0.05) is 0 Å². The molecule has 2 bridgehead atoms. The lowest BCUT2D eigenvalue weighted by atomic mass is 9.87. The van der Waals surface area contributed by atoms with E-state index in [-0.39, 0.29) is 5.41 Å². The van der Waals surface area contributed by atoms with Crippen molar-refractivity contribution in [2.45, 2.75) is 31.7 Å².